The average molecular weight is 195 g/mol. The summed E-state index contributed by atoms with van der Waals surface area (Å²) in [5.74, 6) is -0.196. The molecule has 68 valence electrons. The normalized spacial score (nSPS) is 9.54. The van der Waals surface area contributed by atoms with Gasteiger partial charge in [-0.2, -0.15) is 0 Å². The van der Waals surface area contributed by atoms with Gasteiger partial charge in [-0.25, -0.2) is 9.78 Å². The summed E-state index contributed by atoms with van der Waals surface area (Å²) in [6, 6.07) is 3.02. The van der Waals surface area contributed by atoms with Crippen molar-refractivity contribution < 1.29 is 9.90 Å². The second-order valence-electron chi connectivity index (χ2n) is 2.29. The van der Waals surface area contributed by atoms with Crippen molar-refractivity contribution in [3.63, 3.8) is 0 Å². The van der Waals surface area contributed by atoms with Gasteiger partial charge in [-0.1, -0.05) is 6.08 Å². The van der Waals surface area contributed by atoms with Gasteiger partial charge in [0.1, 0.15) is 0 Å². The molecule has 1 rings (SSSR count). The highest BCUT2D eigenvalue weighted by atomic mass is 32.2. The van der Waals surface area contributed by atoms with Crippen molar-refractivity contribution in [2.45, 2.75) is 5.03 Å². The molecule has 4 heteroatoms. The highest BCUT2D eigenvalue weighted by Gasteiger charge is 2.03. The number of hydrogen-bond acceptors (Lipinski definition) is 3. The smallest absolute Gasteiger partial charge is 0.335 e. The largest absolute Gasteiger partial charge is 0.478 e. The SMILES string of the molecule is C=CCSc1cc(C(=O)O)ccn1. The van der Waals surface area contributed by atoms with Crippen molar-refractivity contribution in [1.82, 2.24) is 4.98 Å². The summed E-state index contributed by atoms with van der Waals surface area (Å²) in [5.41, 5.74) is 0.265. The summed E-state index contributed by atoms with van der Waals surface area (Å²) in [5, 5.41) is 9.39. The van der Waals surface area contributed by atoms with E-state index in [4.69, 9.17) is 5.11 Å². The zero-order valence-corrected chi connectivity index (χ0v) is 7.75. The van der Waals surface area contributed by atoms with Crippen molar-refractivity contribution in [1.29, 1.82) is 0 Å². The number of aromatic nitrogens is 1. The van der Waals surface area contributed by atoms with Crippen molar-refractivity contribution in [2.75, 3.05) is 5.75 Å². The van der Waals surface area contributed by atoms with Crippen LogP contribution in [0.2, 0.25) is 0 Å². The molecule has 0 bridgehead atoms. The maximum absolute atomic E-state index is 10.6. The molecule has 0 atom stereocenters. The second kappa shape index (κ2) is 4.67. The molecule has 0 aliphatic rings. The van der Waals surface area contributed by atoms with Gasteiger partial charge in [-0.3, -0.25) is 0 Å². The van der Waals surface area contributed by atoms with Gasteiger partial charge in [0.15, 0.2) is 0 Å². The number of rotatable bonds is 4. The minimum absolute atomic E-state index is 0.265. The summed E-state index contributed by atoms with van der Waals surface area (Å²) < 4.78 is 0. The highest BCUT2D eigenvalue weighted by Crippen LogP contribution is 2.15. The van der Waals surface area contributed by atoms with Crippen LogP contribution in [0.5, 0.6) is 0 Å². The predicted molar refractivity (Wildman–Crippen MR) is 52.1 cm³/mol. The Morgan fingerprint density at radius 3 is 3.15 bits per heavy atom. The van der Waals surface area contributed by atoms with Crippen LogP contribution in [0.4, 0.5) is 0 Å². The predicted octanol–water partition coefficient (Wildman–Crippen LogP) is 2.06. The maximum atomic E-state index is 10.6. The molecule has 0 amide bonds. The Bertz CT molecular complexity index is 325. The van der Waals surface area contributed by atoms with Gasteiger partial charge < -0.3 is 5.11 Å². The lowest BCUT2D eigenvalue weighted by molar-refractivity contribution is 0.0696. The first-order valence-electron chi connectivity index (χ1n) is 3.67. The van der Waals surface area contributed by atoms with Crippen LogP contribution in [0.3, 0.4) is 0 Å². The monoisotopic (exact) mass is 195 g/mol. The van der Waals surface area contributed by atoms with Crippen LogP contribution >= 0.6 is 11.8 Å². The van der Waals surface area contributed by atoms with Gasteiger partial charge >= 0.3 is 5.97 Å². The number of aromatic carboxylic acids is 1. The average Bonchev–Trinajstić information content (AvgIpc) is 2.15. The topological polar surface area (TPSA) is 50.2 Å². The standard InChI is InChI=1S/C9H9NO2S/c1-2-5-13-8-6-7(9(11)12)3-4-10-8/h2-4,6H,1,5H2,(H,11,12). The van der Waals surface area contributed by atoms with Gasteiger partial charge in [-0.05, 0) is 12.1 Å². The molecular weight excluding hydrogens is 186 g/mol. The fraction of sp³-hybridized carbons (Fsp3) is 0.111. The Morgan fingerprint density at radius 2 is 2.54 bits per heavy atom. The van der Waals surface area contributed by atoms with E-state index in [-0.39, 0.29) is 5.56 Å². The van der Waals surface area contributed by atoms with E-state index in [2.05, 4.69) is 11.6 Å². The Kier molecular flexibility index (Phi) is 3.52. The quantitative estimate of drug-likeness (QED) is 0.590. The van der Waals surface area contributed by atoms with Gasteiger partial charge in [0.05, 0.1) is 10.6 Å². The van der Waals surface area contributed by atoms with Crippen LogP contribution in [0, 0.1) is 0 Å². The van der Waals surface area contributed by atoms with E-state index in [9.17, 15) is 4.79 Å². The summed E-state index contributed by atoms with van der Waals surface area (Å²) in [6.07, 6.45) is 3.24. The number of hydrogen-bond donors (Lipinski definition) is 1. The van der Waals surface area contributed by atoms with Gasteiger partial charge in [0.2, 0.25) is 0 Å². The minimum Gasteiger partial charge on any atom is -0.478 e. The molecule has 0 aliphatic heterocycles. The molecule has 1 aromatic rings. The number of carboxylic acids is 1. The Labute approximate surface area is 80.5 Å². The summed E-state index contributed by atoms with van der Waals surface area (Å²) in [7, 11) is 0. The van der Waals surface area contributed by atoms with Crippen LogP contribution in [0.25, 0.3) is 0 Å². The molecule has 0 fully saturated rings. The molecule has 0 aromatic carbocycles. The summed E-state index contributed by atoms with van der Waals surface area (Å²) in [4.78, 5) is 14.6. The molecule has 0 unspecified atom stereocenters. The molecule has 0 radical (unpaired) electrons. The van der Waals surface area contributed by atoms with Gasteiger partial charge in [0, 0.05) is 11.9 Å². The fourth-order valence-corrected chi connectivity index (χ4v) is 1.40. The third-order valence-corrected chi connectivity index (χ3v) is 2.25. The lowest BCUT2D eigenvalue weighted by atomic mass is 10.3. The van der Waals surface area contributed by atoms with E-state index in [0.717, 1.165) is 5.75 Å². The Morgan fingerprint density at radius 1 is 1.77 bits per heavy atom. The molecular formula is C9H9NO2S. The zero-order chi connectivity index (χ0) is 9.68. The maximum Gasteiger partial charge on any atom is 0.335 e. The van der Waals surface area contributed by atoms with Crippen LogP contribution in [-0.4, -0.2) is 21.8 Å². The molecule has 0 saturated heterocycles. The van der Waals surface area contributed by atoms with Crippen molar-refractivity contribution in [3.8, 4) is 0 Å². The van der Waals surface area contributed by atoms with Crippen LogP contribution in [-0.2, 0) is 0 Å². The first kappa shape index (κ1) is 9.80. The lowest BCUT2D eigenvalue weighted by Crippen LogP contribution is -1.96. The summed E-state index contributed by atoms with van der Waals surface area (Å²) in [6.45, 7) is 3.57. The Hall–Kier alpha value is -1.29. The van der Waals surface area contributed by atoms with Gasteiger partial charge in [-0.15, -0.1) is 18.3 Å². The molecule has 0 saturated carbocycles. The van der Waals surface area contributed by atoms with E-state index in [0.29, 0.717) is 5.03 Å². The van der Waals surface area contributed by atoms with E-state index in [1.165, 1.54) is 24.0 Å². The van der Waals surface area contributed by atoms with E-state index in [1.807, 2.05) is 0 Å². The number of thioether (sulfide) groups is 1. The zero-order valence-electron chi connectivity index (χ0n) is 6.93. The molecule has 1 aromatic heterocycles. The summed E-state index contributed by atoms with van der Waals surface area (Å²) >= 11 is 1.46. The number of pyridine rings is 1. The van der Waals surface area contributed by atoms with Gasteiger partial charge in [0.25, 0.3) is 0 Å². The van der Waals surface area contributed by atoms with E-state index in [1.54, 1.807) is 12.1 Å². The van der Waals surface area contributed by atoms with Crippen LogP contribution < -0.4 is 0 Å². The molecule has 1 N–H and O–H groups in total. The first-order chi connectivity index (χ1) is 6.24. The third-order valence-electron chi connectivity index (χ3n) is 1.33. The second-order valence-corrected chi connectivity index (χ2v) is 3.33. The number of carbonyl (C=O) groups is 1. The lowest BCUT2D eigenvalue weighted by Gasteiger charge is -1.98. The molecule has 0 aliphatic carbocycles. The first-order valence-corrected chi connectivity index (χ1v) is 4.65. The number of nitrogens with zero attached hydrogens (tertiary/aromatic N) is 1. The third kappa shape index (κ3) is 2.91. The molecule has 1 heterocycles. The van der Waals surface area contributed by atoms with Crippen LogP contribution in [0.15, 0.2) is 36.0 Å². The minimum atomic E-state index is -0.928. The highest BCUT2D eigenvalue weighted by molar-refractivity contribution is 7.99. The van der Waals surface area contributed by atoms with E-state index >= 15 is 0 Å². The Balaban J connectivity index is 2.79. The van der Waals surface area contributed by atoms with Crippen molar-refractivity contribution in [2.24, 2.45) is 0 Å². The molecule has 3 nitrogen and oxygen atoms in total. The van der Waals surface area contributed by atoms with Crippen molar-refractivity contribution in [3.05, 3.63) is 36.5 Å². The van der Waals surface area contributed by atoms with Crippen molar-refractivity contribution >= 4 is 17.7 Å². The van der Waals surface area contributed by atoms with Crippen LogP contribution in [0.1, 0.15) is 10.4 Å². The number of carboxylic acid groups (broad SMARTS) is 1. The van der Waals surface area contributed by atoms with E-state index < -0.39 is 5.97 Å². The molecule has 0 spiro atoms. The fourth-order valence-electron chi connectivity index (χ4n) is 0.766. The molecule has 13 heavy (non-hydrogen) atoms.